The van der Waals surface area contributed by atoms with E-state index in [0.717, 1.165) is 22.2 Å². The molecule has 0 atom stereocenters. The van der Waals surface area contributed by atoms with Crippen LogP contribution in [0.2, 0.25) is 0 Å². The quantitative estimate of drug-likeness (QED) is 0.788. The van der Waals surface area contributed by atoms with Crippen molar-refractivity contribution in [2.45, 2.75) is 6.92 Å². The minimum Gasteiger partial charge on any atom is -0.374 e. The van der Waals surface area contributed by atoms with Crippen molar-refractivity contribution in [2.24, 2.45) is 0 Å². The van der Waals surface area contributed by atoms with Crippen LogP contribution in [0.3, 0.4) is 0 Å². The third-order valence-corrected chi connectivity index (χ3v) is 3.81. The molecule has 0 aliphatic rings. The number of hydrogen-bond donors (Lipinski definition) is 2. The molecule has 0 bridgehead atoms. The van der Waals surface area contributed by atoms with E-state index in [1.54, 1.807) is 18.2 Å². The highest BCUT2D eigenvalue weighted by Gasteiger charge is 2.14. The van der Waals surface area contributed by atoms with Gasteiger partial charge in [0.1, 0.15) is 0 Å². The average molecular weight is 373 g/mol. The van der Waals surface area contributed by atoms with E-state index in [2.05, 4.69) is 26.6 Å². The Balaban J connectivity index is 1.98. The third-order valence-electron chi connectivity index (χ3n) is 2.92. The minimum absolute atomic E-state index is 0.277. The summed E-state index contributed by atoms with van der Waals surface area (Å²) in [5.41, 5.74) is 1.25. The summed E-state index contributed by atoms with van der Waals surface area (Å²) in [4.78, 5) is 11.8. The summed E-state index contributed by atoms with van der Waals surface area (Å²) in [6.07, 6.45) is 0. The SMILES string of the molecule is Cc1cc(NC(=O)CNc2ccc(F)c(F)c2F)ccc1Br. The predicted molar refractivity (Wildman–Crippen MR) is 82.3 cm³/mol. The Morgan fingerprint density at radius 3 is 2.55 bits per heavy atom. The highest BCUT2D eigenvalue weighted by molar-refractivity contribution is 9.10. The van der Waals surface area contributed by atoms with Crippen molar-refractivity contribution >= 4 is 33.2 Å². The van der Waals surface area contributed by atoms with Crippen LogP contribution in [0.25, 0.3) is 0 Å². The highest BCUT2D eigenvalue weighted by atomic mass is 79.9. The molecule has 0 aliphatic heterocycles. The fourth-order valence-corrected chi connectivity index (χ4v) is 2.01. The lowest BCUT2D eigenvalue weighted by atomic mass is 10.2. The summed E-state index contributed by atoms with van der Waals surface area (Å²) < 4.78 is 40.2. The zero-order chi connectivity index (χ0) is 16.3. The Hall–Kier alpha value is -2.02. The van der Waals surface area contributed by atoms with E-state index in [-0.39, 0.29) is 12.2 Å². The number of benzene rings is 2. The molecule has 2 N–H and O–H groups in total. The fourth-order valence-electron chi connectivity index (χ4n) is 1.77. The molecule has 2 aromatic rings. The summed E-state index contributed by atoms with van der Waals surface area (Å²) in [6, 6.07) is 7.07. The normalized spacial score (nSPS) is 10.4. The second-order valence-corrected chi connectivity index (χ2v) is 5.44. The maximum atomic E-state index is 13.4. The van der Waals surface area contributed by atoms with Crippen molar-refractivity contribution < 1.29 is 18.0 Å². The smallest absolute Gasteiger partial charge is 0.243 e. The molecule has 0 heterocycles. The predicted octanol–water partition coefficient (Wildman–Crippen LogP) is 4.23. The molecule has 116 valence electrons. The van der Waals surface area contributed by atoms with Gasteiger partial charge >= 0.3 is 0 Å². The largest absolute Gasteiger partial charge is 0.374 e. The van der Waals surface area contributed by atoms with Crippen LogP contribution in [0, 0.1) is 24.4 Å². The fraction of sp³-hybridized carbons (Fsp3) is 0.133. The summed E-state index contributed by atoms with van der Waals surface area (Å²) in [5, 5.41) is 5.04. The molecule has 0 aromatic heterocycles. The van der Waals surface area contributed by atoms with Crippen LogP contribution in [0.5, 0.6) is 0 Å². The van der Waals surface area contributed by atoms with E-state index in [0.29, 0.717) is 5.69 Å². The molecular weight excluding hydrogens is 361 g/mol. The van der Waals surface area contributed by atoms with E-state index in [9.17, 15) is 18.0 Å². The van der Waals surface area contributed by atoms with Gasteiger partial charge in [0.25, 0.3) is 0 Å². The van der Waals surface area contributed by atoms with Gasteiger partial charge in [0.05, 0.1) is 12.2 Å². The van der Waals surface area contributed by atoms with Crippen LogP contribution in [-0.4, -0.2) is 12.5 Å². The number of anilines is 2. The van der Waals surface area contributed by atoms with Gasteiger partial charge in [-0.05, 0) is 42.8 Å². The molecule has 2 rings (SSSR count). The van der Waals surface area contributed by atoms with Crippen LogP contribution in [0.1, 0.15) is 5.56 Å². The molecule has 0 fully saturated rings. The number of carbonyl (C=O) groups excluding carboxylic acids is 1. The average Bonchev–Trinajstić information content (AvgIpc) is 2.48. The molecule has 0 radical (unpaired) electrons. The Labute approximate surface area is 133 Å². The second kappa shape index (κ2) is 6.83. The van der Waals surface area contributed by atoms with Crippen molar-refractivity contribution in [3.8, 4) is 0 Å². The molecule has 3 nitrogen and oxygen atoms in total. The van der Waals surface area contributed by atoms with Gasteiger partial charge in [-0.25, -0.2) is 13.2 Å². The first-order valence-corrected chi connectivity index (χ1v) is 7.11. The molecule has 0 aliphatic carbocycles. The van der Waals surface area contributed by atoms with Crippen LogP contribution in [-0.2, 0) is 4.79 Å². The number of nitrogens with one attached hydrogen (secondary N) is 2. The molecule has 2 aromatic carbocycles. The van der Waals surface area contributed by atoms with Gasteiger partial charge < -0.3 is 10.6 Å². The standard InChI is InChI=1S/C15H12BrF3N2O/c1-8-6-9(2-3-10(8)16)21-13(22)7-20-12-5-4-11(17)14(18)15(12)19/h2-6,20H,7H2,1H3,(H,21,22). The maximum absolute atomic E-state index is 13.4. The van der Waals surface area contributed by atoms with Crippen LogP contribution >= 0.6 is 15.9 Å². The van der Waals surface area contributed by atoms with Crippen LogP contribution in [0.4, 0.5) is 24.5 Å². The van der Waals surface area contributed by atoms with E-state index >= 15 is 0 Å². The molecule has 0 saturated carbocycles. The molecular formula is C15H12BrF3N2O. The number of halogens is 4. The topological polar surface area (TPSA) is 41.1 Å². The van der Waals surface area contributed by atoms with Crippen molar-refractivity contribution in [1.29, 1.82) is 0 Å². The number of hydrogen-bond acceptors (Lipinski definition) is 2. The summed E-state index contributed by atoms with van der Waals surface area (Å²) in [5.74, 6) is -4.65. The van der Waals surface area contributed by atoms with E-state index in [4.69, 9.17) is 0 Å². The number of carbonyl (C=O) groups is 1. The lowest BCUT2D eigenvalue weighted by Gasteiger charge is -2.10. The van der Waals surface area contributed by atoms with Gasteiger partial charge in [-0.15, -0.1) is 0 Å². The van der Waals surface area contributed by atoms with Crippen molar-refractivity contribution in [3.05, 3.63) is 57.8 Å². The number of amides is 1. The lowest BCUT2D eigenvalue weighted by molar-refractivity contribution is -0.114. The third kappa shape index (κ3) is 3.79. The Bertz CT molecular complexity index is 722. The lowest BCUT2D eigenvalue weighted by Crippen LogP contribution is -2.22. The minimum atomic E-state index is -1.58. The molecule has 0 saturated heterocycles. The summed E-state index contributed by atoms with van der Waals surface area (Å²) in [7, 11) is 0. The number of rotatable bonds is 4. The highest BCUT2D eigenvalue weighted by Crippen LogP contribution is 2.21. The van der Waals surface area contributed by atoms with E-state index < -0.39 is 23.4 Å². The second-order valence-electron chi connectivity index (χ2n) is 4.59. The molecule has 7 heteroatoms. The monoisotopic (exact) mass is 372 g/mol. The summed E-state index contributed by atoms with van der Waals surface area (Å²) in [6.45, 7) is 1.59. The zero-order valence-electron chi connectivity index (χ0n) is 11.5. The van der Waals surface area contributed by atoms with Crippen molar-refractivity contribution in [2.75, 3.05) is 17.2 Å². The summed E-state index contributed by atoms with van der Waals surface area (Å²) >= 11 is 3.34. The zero-order valence-corrected chi connectivity index (χ0v) is 13.1. The van der Waals surface area contributed by atoms with Gasteiger partial charge in [-0.1, -0.05) is 15.9 Å². The van der Waals surface area contributed by atoms with E-state index in [1.165, 1.54) is 0 Å². The first kappa shape index (κ1) is 16.4. The van der Waals surface area contributed by atoms with E-state index in [1.807, 2.05) is 6.92 Å². The van der Waals surface area contributed by atoms with Crippen LogP contribution in [0.15, 0.2) is 34.8 Å². The Morgan fingerprint density at radius 2 is 1.86 bits per heavy atom. The first-order valence-electron chi connectivity index (χ1n) is 6.32. The van der Waals surface area contributed by atoms with Gasteiger partial charge in [-0.2, -0.15) is 0 Å². The van der Waals surface area contributed by atoms with Crippen molar-refractivity contribution in [3.63, 3.8) is 0 Å². The van der Waals surface area contributed by atoms with Gasteiger partial charge in [0, 0.05) is 10.2 Å². The maximum Gasteiger partial charge on any atom is 0.243 e. The molecule has 22 heavy (non-hydrogen) atoms. The Kier molecular flexibility index (Phi) is 5.07. The Morgan fingerprint density at radius 1 is 1.14 bits per heavy atom. The van der Waals surface area contributed by atoms with Crippen molar-refractivity contribution in [1.82, 2.24) is 0 Å². The molecule has 1 amide bonds. The van der Waals surface area contributed by atoms with Gasteiger partial charge in [0.15, 0.2) is 17.5 Å². The van der Waals surface area contributed by atoms with Gasteiger partial charge in [0.2, 0.25) is 5.91 Å². The number of aryl methyl sites for hydroxylation is 1. The van der Waals surface area contributed by atoms with Gasteiger partial charge in [-0.3, -0.25) is 4.79 Å². The first-order chi connectivity index (χ1) is 10.4. The molecule has 0 unspecified atom stereocenters. The van der Waals surface area contributed by atoms with Crippen LogP contribution < -0.4 is 10.6 Å². The molecule has 0 spiro atoms.